The van der Waals surface area contributed by atoms with Crippen LogP contribution in [0, 0.1) is 17.8 Å². The second-order valence-corrected chi connectivity index (χ2v) is 7.90. The Kier molecular flexibility index (Phi) is 4.58. The van der Waals surface area contributed by atoms with Crippen LogP contribution in [-0.4, -0.2) is 52.9 Å². The molecule has 0 bridgehead atoms. The molecule has 7 N–H and O–H groups in total. The molecule has 158 valence electrons. The summed E-state index contributed by atoms with van der Waals surface area (Å²) in [6, 6.07) is 2.32. The second kappa shape index (κ2) is 6.88. The van der Waals surface area contributed by atoms with Gasteiger partial charge in [-0.25, -0.2) is 0 Å². The first-order valence-corrected chi connectivity index (χ1v) is 9.67. The molecule has 1 fully saturated rings. The highest BCUT2D eigenvalue weighted by Gasteiger charge is 2.55. The third-order valence-electron chi connectivity index (χ3n) is 6.51. The zero-order valence-electron chi connectivity index (χ0n) is 16.5. The van der Waals surface area contributed by atoms with Gasteiger partial charge in [-0.3, -0.25) is 14.4 Å². The van der Waals surface area contributed by atoms with Crippen molar-refractivity contribution in [1.82, 2.24) is 5.32 Å². The zero-order chi connectivity index (χ0) is 21.9. The van der Waals surface area contributed by atoms with Crippen LogP contribution in [0.2, 0.25) is 0 Å². The smallest absolute Gasteiger partial charge is 0.255 e. The number of benzene rings is 1. The number of nitrogens with one attached hydrogen (secondary N) is 2. The van der Waals surface area contributed by atoms with E-state index in [1.807, 2.05) is 0 Å². The Morgan fingerprint density at radius 3 is 2.43 bits per heavy atom. The Bertz CT molecular complexity index is 1060. The predicted molar refractivity (Wildman–Crippen MR) is 108 cm³/mol. The van der Waals surface area contributed by atoms with Gasteiger partial charge in [-0.1, -0.05) is 0 Å². The first-order valence-electron chi connectivity index (χ1n) is 9.67. The molecule has 1 amide bonds. The van der Waals surface area contributed by atoms with Crippen molar-refractivity contribution in [2.75, 3.05) is 19.4 Å². The number of aliphatic hydroxyl groups excluding tert-OH is 2. The highest BCUT2D eigenvalue weighted by atomic mass is 16.3. The van der Waals surface area contributed by atoms with E-state index in [0.717, 1.165) is 0 Å². The number of amides is 1. The molecule has 0 aromatic heterocycles. The molecule has 4 rings (SSSR count). The van der Waals surface area contributed by atoms with Crippen molar-refractivity contribution in [2.45, 2.75) is 18.9 Å². The predicted octanol–water partition coefficient (Wildman–Crippen LogP) is 0.549. The molecule has 1 aromatic rings. The monoisotopic (exact) mass is 413 g/mol. The average molecular weight is 413 g/mol. The molecular weight excluding hydrogens is 390 g/mol. The van der Waals surface area contributed by atoms with Crippen LogP contribution < -0.4 is 16.4 Å². The highest BCUT2D eigenvalue weighted by molar-refractivity contribution is 6.28. The van der Waals surface area contributed by atoms with E-state index in [1.165, 1.54) is 6.07 Å². The third-order valence-corrected chi connectivity index (χ3v) is 6.51. The van der Waals surface area contributed by atoms with E-state index < -0.39 is 52.6 Å². The standard InChI is InChI=1S/C21H23N3O6/c1-23-10-3-4-11(25)13-8(10)5-7-6-9-14(18(27)12(7)17(13)26)19(28)15(21(22)30)20(29)16(9)24-2/h3-4,7,9,14,16,23-26,29H,5-6H2,1-2H3,(H2,22,30). The Morgan fingerprint density at radius 2 is 1.83 bits per heavy atom. The summed E-state index contributed by atoms with van der Waals surface area (Å²) in [6.07, 6.45) is 0.688. The van der Waals surface area contributed by atoms with E-state index in [2.05, 4.69) is 10.6 Å². The Hall–Kier alpha value is -3.33. The van der Waals surface area contributed by atoms with Gasteiger partial charge in [0, 0.05) is 18.3 Å². The van der Waals surface area contributed by atoms with Gasteiger partial charge in [-0.05, 0) is 49.4 Å². The van der Waals surface area contributed by atoms with E-state index in [1.54, 1.807) is 20.2 Å². The molecule has 4 atom stereocenters. The summed E-state index contributed by atoms with van der Waals surface area (Å²) in [5, 5.41) is 37.7. The summed E-state index contributed by atoms with van der Waals surface area (Å²) >= 11 is 0. The minimum absolute atomic E-state index is 0.0701. The van der Waals surface area contributed by atoms with Crippen LogP contribution in [0.5, 0.6) is 5.75 Å². The molecular formula is C21H23N3O6. The van der Waals surface area contributed by atoms with Crippen LogP contribution in [0.25, 0.3) is 5.76 Å². The number of allylic oxidation sites excluding steroid dienone is 1. The molecule has 0 saturated heterocycles. The lowest BCUT2D eigenvalue weighted by Gasteiger charge is -2.44. The number of ketones is 2. The Balaban J connectivity index is 1.89. The summed E-state index contributed by atoms with van der Waals surface area (Å²) in [6.45, 7) is 0. The van der Waals surface area contributed by atoms with Crippen molar-refractivity contribution in [3.05, 3.63) is 40.2 Å². The van der Waals surface area contributed by atoms with Crippen molar-refractivity contribution in [3.63, 3.8) is 0 Å². The molecule has 9 nitrogen and oxygen atoms in total. The van der Waals surface area contributed by atoms with Gasteiger partial charge >= 0.3 is 0 Å². The minimum atomic E-state index is -1.24. The van der Waals surface area contributed by atoms with E-state index in [9.17, 15) is 29.7 Å². The zero-order valence-corrected chi connectivity index (χ0v) is 16.5. The van der Waals surface area contributed by atoms with Crippen LogP contribution >= 0.6 is 0 Å². The summed E-state index contributed by atoms with van der Waals surface area (Å²) in [5.74, 6) is -5.77. The fourth-order valence-corrected chi connectivity index (χ4v) is 5.25. The number of nitrogens with two attached hydrogens (primary N) is 1. The number of carbonyl (C=O) groups excluding carboxylic acids is 3. The molecule has 9 heteroatoms. The molecule has 3 aliphatic rings. The number of anilines is 1. The maximum atomic E-state index is 13.4. The summed E-state index contributed by atoms with van der Waals surface area (Å²) in [5.41, 5.74) is 6.33. The third kappa shape index (κ3) is 2.55. The molecule has 4 unspecified atom stereocenters. The minimum Gasteiger partial charge on any atom is -0.510 e. The van der Waals surface area contributed by atoms with E-state index in [-0.39, 0.29) is 22.6 Å². The van der Waals surface area contributed by atoms with Gasteiger partial charge in [-0.15, -0.1) is 0 Å². The first-order chi connectivity index (χ1) is 14.2. The fourth-order valence-electron chi connectivity index (χ4n) is 5.25. The highest BCUT2D eigenvalue weighted by Crippen LogP contribution is 2.50. The SMILES string of the molecule is CNc1ccc(O)c2c1CC1CC3C(NC)C(O)=C(C(N)=O)C(=O)C3C(=O)C1=C2O. The number of primary amides is 1. The number of aliphatic hydroxyl groups is 2. The van der Waals surface area contributed by atoms with E-state index >= 15 is 0 Å². The molecule has 1 saturated carbocycles. The average Bonchev–Trinajstić information content (AvgIpc) is 2.67. The number of likely N-dealkylation sites (N-methyl/N-ethyl adjacent to an activating group) is 1. The van der Waals surface area contributed by atoms with E-state index in [4.69, 9.17) is 5.73 Å². The van der Waals surface area contributed by atoms with Gasteiger partial charge in [0.2, 0.25) is 0 Å². The number of aromatic hydroxyl groups is 1. The molecule has 0 aliphatic heterocycles. The molecule has 1 aromatic carbocycles. The number of rotatable bonds is 3. The van der Waals surface area contributed by atoms with Crippen molar-refractivity contribution < 1.29 is 29.7 Å². The largest absolute Gasteiger partial charge is 0.510 e. The molecule has 0 radical (unpaired) electrons. The van der Waals surface area contributed by atoms with Crippen LogP contribution in [0.4, 0.5) is 5.69 Å². The van der Waals surface area contributed by atoms with Gasteiger partial charge in [0.15, 0.2) is 11.6 Å². The van der Waals surface area contributed by atoms with Gasteiger partial charge < -0.3 is 31.7 Å². The number of hydrogen-bond donors (Lipinski definition) is 6. The van der Waals surface area contributed by atoms with Crippen LogP contribution in [0.1, 0.15) is 17.5 Å². The maximum absolute atomic E-state index is 13.4. The van der Waals surface area contributed by atoms with Crippen molar-refractivity contribution >= 4 is 28.9 Å². The lowest BCUT2D eigenvalue weighted by Crippen LogP contribution is -2.55. The quantitative estimate of drug-likeness (QED) is 0.238. The van der Waals surface area contributed by atoms with Crippen molar-refractivity contribution in [3.8, 4) is 5.75 Å². The summed E-state index contributed by atoms with van der Waals surface area (Å²) in [7, 11) is 3.28. The first kappa shape index (κ1) is 20.0. The Morgan fingerprint density at radius 1 is 1.13 bits per heavy atom. The van der Waals surface area contributed by atoms with Crippen LogP contribution in [-0.2, 0) is 20.8 Å². The summed E-state index contributed by atoms with van der Waals surface area (Å²) < 4.78 is 0. The summed E-state index contributed by atoms with van der Waals surface area (Å²) in [4.78, 5) is 38.1. The number of Topliss-reactive ketones (excluding diaryl/α,β-unsaturated/α-hetero) is 2. The molecule has 0 heterocycles. The maximum Gasteiger partial charge on any atom is 0.255 e. The number of hydrogen-bond acceptors (Lipinski definition) is 8. The van der Waals surface area contributed by atoms with Gasteiger partial charge in [0.1, 0.15) is 22.8 Å². The second-order valence-electron chi connectivity index (χ2n) is 7.90. The molecule has 30 heavy (non-hydrogen) atoms. The van der Waals surface area contributed by atoms with Crippen LogP contribution in [0.3, 0.4) is 0 Å². The molecule has 3 aliphatic carbocycles. The lowest BCUT2D eigenvalue weighted by molar-refractivity contribution is -0.135. The topological polar surface area (TPSA) is 162 Å². The number of phenolic OH excluding ortho intramolecular Hbond substituents is 1. The van der Waals surface area contributed by atoms with Gasteiger partial charge in [-0.2, -0.15) is 0 Å². The molecule has 0 spiro atoms. The van der Waals surface area contributed by atoms with Gasteiger partial charge in [0.25, 0.3) is 5.91 Å². The van der Waals surface area contributed by atoms with Gasteiger partial charge in [0.05, 0.1) is 17.5 Å². The normalized spacial score (nSPS) is 28.1. The van der Waals surface area contributed by atoms with E-state index in [0.29, 0.717) is 24.1 Å². The number of carbonyl (C=O) groups is 3. The Labute approximate surface area is 172 Å². The van der Waals surface area contributed by atoms with Crippen LogP contribution in [0.15, 0.2) is 29.0 Å². The van der Waals surface area contributed by atoms with Crippen molar-refractivity contribution in [2.24, 2.45) is 23.5 Å². The van der Waals surface area contributed by atoms with Crippen molar-refractivity contribution in [1.29, 1.82) is 0 Å². The number of phenols is 1. The fraction of sp³-hybridized carbons (Fsp3) is 0.381. The lowest BCUT2D eigenvalue weighted by atomic mass is 9.59. The number of fused-ring (bicyclic) bond motifs is 3.